The fourth-order valence-electron chi connectivity index (χ4n) is 3.99. The number of amides is 1. The first kappa shape index (κ1) is 20.3. The predicted molar refractivity (Wildman–Crippen MR) is 105 cm³/mol. The molecule has 0 radical (unpaired) electrons. The van der Waals surface area contributed by atoms with Crippen LogP contribution in [-0.4, -0.2) is 26.9 Å². The summed E-state index contributed by atoms with van der Waals surface area (Å²) >= 11 is 1.39. The van der Waals surface area contributed by atoms with Crippen LogP contribution in [0.1, 0.15) is 66.2 Å². The van der Waals surface area contributed by atoms with Crippen LogP contribution in [0.25, 0.3) is 0 Å². The average molecular weight is 424 g/mol. The van der Waals surface area contributed by atoms with E-state index in [9.17, 15) is 18.0 Å². The Bertz CT molecular complexity index is 902. The van der Waals surface area contributed by atoms with E-state index in [0.717, 1.165) is 25.7 Å². The fourth-order valence-corrected chi connectivity index (χ4v) is 4.40. The molecule has 1 amide bonds. The molecule has 0 bridgehead atoms. The second-order valence-corrected chi connectivity index (χ2v) is 8.58. The van der Waals surface area contributed by atoms with Gasteiger partial charge >= 0.3 is 6.18 Å². The highest BCUT2D eigenvalue weighted by atomic mass is 32.2. The lowest BCUT2D eigenvalue weighted by Crippen LogP contribution is -2.24. The van der Waals surface area contributed by atoms with Gasteiger partial charge < -0.3 is 5.32 Å². The van der Waals surface area contributed by atoms with Gasteiger partial charge in [0.25, 0.3) is 5.91 Å². The SMILES string of the molecule is CSc1cc(NC(=O)c2c(C(F)(F)F)c(C3CC3)nn2CC2CCCC2)ccn1. The van der Waals surface area contributed by atoms with Crippen molar-refractivity contribution in [2.45, 2.75) is 62.2 Å². The molecule has 2 saturated carbocycles. The van der Waals surface area contributed by atoms with Gasteiger partial charge in [-0.15, -0.1) is 11.8 Å². The van der Waals surface area contributed by atoms with E-state index in [0.29, 0.717) is 30.1 Å². The molecule has 0 aliphatic heterocycles. The topological polar surface area (TPSA) is 59.8 Å². The highest BCUT2D eigenvalue weighted by Gasteiger charge is 2.46. The zero-order valence-corrected chi connectivity index (χ0v) is 16.9. The number of carbonyl (C=O) groups is 1. The maximum atomic E-state index is 14.0. The van der Waals surface area contributed by atoms with Crippen LogP contribution in [0.4, 0.5) is 18.9 Å². The molecule has 156 valence electrons. The second-order valence-electron chi connectivity index (χ2n) is 7.75. The highest BCUT2D eigenvalue weighted by Crippen LogP contribution is 2.47. The summed E-state index contributed by atoms with van der Waals surface area (Å²) in [4.78, 5) is 17.2. The van der Waals surface area contributed by atoms with Crippen molar-refractivity contribution in [2.24, 2.45) is 5.92 Å². The molecule has 2 fully saturated rings. The lowest BCUT2D eigenvalue weighted by Gasteiger charge is -2.15. The molecule has 0 unspecified atom stereocenters. The zero-order chi connectivity index (χ0) is 20.6. The summed E-state index contributed by atoms with van der Waals surface area (Å²) in [5, 5.41) is 7.63. The normalized spacial score (nSPS) is 17.7. The standard InChI is InChI=1S/C20H23F3N4OS/c1-29-15-10-14(8-9-24-15)25-19(28)18-16(20(21,22)23)17(13-6-7-13)26-27(18)11-12-4-2-3-5-12/h8-10,12-13H,2-7,11H2,1H3,(H,24,25,28). The third-order valence-electron chi connectivity index (χ3n) is 5.55. The number of hydrogen-bond donors (Lipinski definition) is 1. The minimum absolute atomic E-state index is 0.0279. The smallest absolute Gasteiger partial charge is 0.321 e. The average Bonchev–Trinajstić information content (AvgIpc) is 3.25. The number of halogens is 3. The molecular formula is C20H23F3N4OS. The van der Waals surface area contributed by atoms with Crippen molar-refractivity contribution in [3.63, 3.8) is 0 Å². The van der Waals surface area contributed by atoms with Crippen LogP contribution in [0.5, 0.6) is 0 Å². The Labute approximate surface area is 171 Å². The summed E-state index contributed by atoms with van der Waals surface area (Å²) in [6.45, 7) is 0.352. The molecule has 1 N–H and O–H groups in total. The largest absolute Gasteiger partial charge is 0.420 e. The van der Waals surface area contributed by atoms with Gasteiger partial charge in [-0.05, 0) is 50.0 Å². The van der Waals surface area contributed by atoms with Crippen molar-refractivity contribution in [3.05, 3.63) is 35.3 Å². The lowest BCUT2D eigenvalue weighted by molar-refractivity contribution is -0.138. The number of aromatic nitrogens is 3. The number of carbonyl (C=O) groups excluding carboxylic acids is 1. The van der Waals surface area contributed by atoms with Gasteiger partial charge in [-0.3, -0.25) is 9.48 Å². The molecule has 5 nitrogen and oxygen atoms in total. The summed E-state index contributed by atoms with van der Waals surface area (Å²) in [5.41, 5.74) is -0.785. The van der Waals surface area contributed by atoms with Crippen LogP contribution in [0.15, 0.2) is 23.4 Å². The number of hydrogen-bond acceptors (Lipinski definition) is 4. The Morgan fingerprint density at radius 3 is 2.62 bits per heavy atom. The Morgan fingerprint density at radius 2 is 2.00 bits per heavy atom. The quantitative estimate of drug-likeness (QED) is 0.636. The van der Waals surface area contributed by atoms with Crippen molar-refractivity contribution in [2.75, 3.05) is 11.6 Å². The van der Waals surface area contributed by atoms with Crippen molar-refractivity contribution in [3.8, 4) is 0 Å². The molecule has 2 aliphatic rings. The number of pyridine rings is 1. The molecule has 0 aromatic carbocycles. The van der Waals surface area contributed by atoms with Crippen LogP contribution >= 0.6 is 11.8 Å². The van der Waals surface area contributed by atoms with E-state index < -0.39 is 17.6 Å². The summed E-state index contributed by atoms with van der Waals surface area (Å²) in [7, 11) is 0. The van der Waals surface area contributed by atoms with Gasteiger partial charge in [-0.2, -0.15) is 18.3 Å². The third kappa shape index (κ3) is 4.44. The molecule has 0 spiro atoms. The third-order valence-corrected chi connectivity index (χ3v) is 6.19. The molecule has 2 aliphatic carbocycles. The molecular weight excluding hydrogens is 401 g/mol. The number of anilines is 1. The molecule has 0 saturated heterocycles. The lowest BCUT2D eigenvalue weighted by atomic mass is 10.1. The second kappa shape index (κ2) is 8.01. The predicted octanol–water partition coefficient (Wildman–Crippen LogP) is 5.34. The van der Waals surface area contributed by atoms with E-state index in [2.05, 4.69) is 15.4 Å². The van der Waals surface area contributed by atoms with Crippen LogP contribution < -0.4 is 5.32 Å². The van der Waals surface area contributed by atoms with E-state index in [1.807, 2.05) is 6.26 Å². The minimum atomic E-state index is -4.62. The number of nitrogens with one attached hydrogen (secondary N) is 1. The molecule has 4 rings (SSSR count). The van der Waals surface area contributed by atoms with Crippen molar-refractivity contribution in [1.29, 1.82) is 0 Å². The van der Waals surface area contributed by atoms with Gasteiger partial charge in [0.2, 0.25) is 0 Å². The Morgan fingerprint density at radius 1 is 1.28 bits per heavy atom. The Hall–Kier alpha value is -2.03. The van der Waals surface area contributed by atoms with Crippen LogP contribution in [0, 0.1) is 5.92 Å². The number of alkyl halides is 3. The van der Waals surface area contributed by atoms with Crippen LogP contribution in [-0.2, 0) is 12.7 Å². The first-order valence-corrected chi connectivity index (χ1v) is 11.1. The van der Waals surface area contributed by atoms with Crippen molar-refractivity contribution in [1.82, 2.24) is 14.8 Å². The molecule has 9 heteroatoms. The Kier molecular flexibility index (Phi) is 5.59. The van der Waals surface area contributed by atoms with Crippen LogP contribution in [0.2, 0.25) is 0 Å². The Balaban J connectivity index is 1.72. The summed E-state index contributed by atoms with van der Waals surface area (Å²) in [6.07, 6.45) is 4.18. The van der Waals surface area contributed by atoms with Gasteiger partial charge in [0.05, 0.1) is 10.7 Å². The first-order valence-electron chi connectivity index (χ1n) is 9.86. The fraction of sp³-hybridized carbons (Fsp3) is 0.550. The van der Waals surface area contributed by atoms with Crippen molar-refractivity contribution < 1.29 is 18.0 Å². The first-order chi connectivity index (χ1) is 13.9. The van der Waals surface area contributed by atoms with Gasteiger partial charge in [-0.25, -0.2) is 4.98 Å². The maximum Gasteiger partial charge on any atom is 0.420 e. The van der Waals surface area contributed by atoms with Gasteiger partial charge in [0.1, 0.15) is 11.3 Å². The van der Waals surface area contributed by atoms with E-state index in [-0.39, 0.29) is 23.2 Å². The monoisotopic (exact) mass is 424 g/mol. The van der Waals surface area contributed by atoms with Gasteiger partial charge in [0, 0.05) is 24.3 Å². The summed E-state index contributed by atoms with van der Waals surface area (Å²) in [6, 6.07) is 3.22. The van der Waals surface area contributed by atoms with E-state index in [1.54, 1.807) is 12.1 Å². The maximum absolute atomic E-state index is 14.0. The van der Waals surface area contributed by atoms with Crippen LogP contribution in [0.3, 0.4) is 0 Å². The van der Waals surface area contributed by atoms with E-state index in [4.69, 9.17) is 0 Å². The molecule has 2 aromatic heterocycles. The number of rotatable bonds is 6. The van der Waals surface area contributed by atoms with Gasteiger partial charge in [0.15, 0.2) is 0 Å². The molecule has 2 heterocycles. The van der Waals surface area contributed by atoms with Gasteiger partial charge in [-0.1, -0.05) is 12.8 Å². The summed E-state index contributed by atoms with van der Waals surface area (Å²) < 4.78 is 43.3. The number of nitrogens with zero attached hydrogens (tertiary/aromatic N) is 3. The summed E-state index contributed by atoms with van der Waals surface area (Å²) in [5.74, 6) is -0.710. The number of thioether (sulfide) groups is 1. The molecule has 29 heavy (non-hydrogen) atoms. The molecule has 0 atom stereocenters. The molecule has 2 aromatic rings. The van der Waals surface area contributed by atoms with Crippen molar-refractivity contribution >= 4 is 23.4 Å². The highest BCUT2D eigenvalue weighted by molar-refractivity contribution is 7.98. The van der Waals surface area contributed by atoms with E-state index >= 15 is 0 Å². The van der Waals surface area contributed by atoms with E-state index in [1.165, 1.54) is 22.6 Å². The zero-order valence-electron chi connectivity index (χ0n) is 16.1. The minimum Gasteiger partial charge on any atom is -0.321 e.